The summed E-state index contributed by atoms with van der Waals surface area (Å²) in [7, 11) is 0. The highest BCUT2D eigenvalue weighted by Gasteiger charge is 2.37. The van der Waals surface area contributed by atoms with Crippen molar-refractivity contribution in [1.82, 2.24) is 0 Å². The molecule has 0 N–H and O–H groups in total. The van der Waals surface area contributed by atoms with E-state index in [0.29, 0.717) is 0 Å². The van der Waals surface area contributed by atoms with Gasteiger partial charge in [0.05, 0.1) is 0 Å². The van der Waals surface area contributed by atoms with Gasteiger partial charge in [-0.05, 0) is 358 Å². The van der Waals surface area contributed by atoms with Gasteiger partial charge in [-0.25, -0.2) is 0 Å². The van der Waals surface area contributed by atoms with Crippen molar-refractivity contribution in [1.29, 1.82) is 0 Å². The van der Waals surface area contributed by atoms with Crippen LogP contribution in [-0.2, 0) is 57.8 Å². The van der Waals surface area contributed by atoms with E-state index in [0.717, 1.165) is 44.9 Å². The Bertz CT molecular complexity index is 7430. The van der Waals surface area contributed by atoms with Crippen LogP contribution in [-0.4, -0.2) is 0 Å². The molecule has 0 aromatic heterocycles. The molecule has 22 aromatic rings. The van der Waals surface area contributed by atoms with Crippen molar-refractivity contribution in [2.45, 2.75) is 57.8 Å². The Kier molecular flexibility index (Phi) is 17.4. The van der Waals surface area contributed by atoms with Crippen molar-refractivity contribution in [2.75, 3.05) is 0 Å². The number of aryl methyl sites for hydroxylation is 2. The Hall–Kier alpha value is -15.1. The molecule has 0 amide bonds. The largest absolute Gasteiger partial charge is 0.0620 e. The normalized spacial score (nSPS) is 13.0. The summed E-state index contributed by atoms with van der Waals surface area (Å²) in [4.78, 5) is 0. The van der Waals surface area contributed by atoms with Gasteiger partial charge >= 0.3 is 0 Å². The lowest BCUT2D eigenvalue weighted by molar-refractivity contribution is 0.942. The van der Waals surface area contributed by atoms with Gasteiger partial charge in [-0.3, -0.25) is 0 Å². The first-order valence-electron chi connectivity index (χ1n) is 44.7. The standard InChI is InChI=1S/C39H24.C27H18.C18H12.C14H12.C14H10.C13H10/c1-4-10-28-22(7-1)13-25-16-34-37(19-31(25)28)35-17-26-14-23-8-3-6-12-30(23)33(26)21-39(35)36-18-27-15-24-9-2-5-11-29(24)32(27)20-38(34)36;1-4-10-19-16(7-1)13-22-25(19)23-14-17-8-3-6-12-21(17)27(23)24-15-18-9-2-5-11-20(18)26(22)24;1-2-8-14-13(7-1)15-9-3-4-11-17(15)18-12-6-5-10-16(14)18;2*1-3-7-13-11(5-1)9-10-12-6-2-4-8-14(12)13;1-3-7-12-10(5-1)9-11-6-2-4-8-13(11)12/h1-12,16-21H,13-15H2;1-12H,13-15H2;1-12H;1-8H,9-10H2;1-10H;1-8H,9H2. The predicted molar refractivity (Wildman–Crippen MR) is 529 cm³/mol. The fourth-order valence-electron chi connectivity index (χ4n) is 22.8. The van der Waals surface area contributed by atoms with E-state index in [-0.39, 0.29) is 0 Å². The second-order valence-electron chi connectivity index (χ2n) is 35.2. The van der Waals surface area contributed by atoms with E-state index in [4.69, 9.17) is 0 Å². The van der Waals surface area contributed by atoms with Gasteiger partial charge < -0.3 is 0 Å². The Morgan fingerprint density at radius 1 is 0.112 bits per heavy atom. The molecule has 22 aromatic carbocycles. The van der Waals surface area contributed by atoms with Crippen LogP contribution in [0, 0.1) is 0 Å². The molecule has 0 heterocycles. The molecule has 0 saturated heterocycles. The van der Waals surface area contributed by atoms with Crippen molar-refractivity contribution in [2.24, 2.45) is 0 Å². The molecule has 0 radical (unpaired) electrons. The highest BCUT2D eigenvalue weighted by atomic mass is 14.4. The lowest BCUT2D eigenvalue weighted by atomic mass is 9.86. The van der Waals surface area contributed by atoms with Crippen LogP contribution in [0.4, 0.5) is 0 Å². The van der Waals surface area contributed by atoms with E-state index in [1.165, 1.54) is 260 Å². The topological polar surface area (TPSA) is 0 Å². The van der Waals surface area contributed by atoms with Crippen molar-refractivity contribution >= 4 is 86.2 Å². The summed E-state index contributed by atoms with van der Waals surface area (Å²) in [6.07, 6.45) is 9.77. The maximum Gasteiger partial charge on any atom is -0.000706 e. The van der Waals surface area contributed by atoms with Crippen LogP contribution in [0.3, 0.4) is 0 Å². The quantitative estimate of drug-likeness (QED) is 0.133. The van der Waals surface area contributed by atoms with Crippen molar-refractivity contribution in [3.05, 3.63) is 502 Å². The molecule has 0 heteroatoms. The van der Waals surface area contributed by atoms with E-state index in [2.05, 4.69) is 413 Å². The number of benzene rings is 22. The second-order valence-corrected chi connectivity index (χ2v) is 35.2. The first-order chi connectivity index (χ1) is 62.0. The van der Waals surface area contributed by atoms with Crippen molar-refractivity contribution in [3.8, 4) is 89.0 Å². The summed E-state index contributed by atoms with van der Waals surface area (Å²) in [5.41, 5.74) is 46.9. The Morgan fingerprint density at radius 3 is 0.568 bits per heavy atom. The molecule has 0 bridgehead atoms. The van der Waals surface area contributed by atoms with E-state index in [9.17, 15) is 0 Å². The third kappa shape index (κ3) is 12.2. The monoisotopic (exact) mass is 1590 g/mol. The zero-order chi connectivity index (χ0) is 82.2. The third-order valence-electron chi connectivity index (χ3n) is 28.4. The molecule has 0 atom stereocenters. The Balaban J connectivity index is 0.0000000867. The maximum absolute atomic E-state index is 2.52. The summed E-state index contributed by atoms with van der Waals surface area (Å²) in [6, 6.07) is 151. The highest BCUT2D eigenvalue weighted by molar-refractivity contribution is 6.28. The third-order valence-corrected chi connectivity index (χ3v) is 28.4. The molecule has 0 aliphatic heterocycles. The molecule has 8 aliphatic rings. The predicted octanol–water partition coefficient (Wildman–Crippen LogP) is 32.1. The summed E-state index contributed by atoms with van der Waals surface area (Å²) in [5, 5.41) is 21.7. The number of hydrogen-bond donors (Lipinski definition) is 0. The lowest BCUT2D eigenvalue weighted by Gasteiger charge is -2.19. The first-order valence-corrected chi connectivity index (χ1v) is 44.7. The fourth-order valence-corrected chi connectivity index (χ4v) is 22.8. The minimum Gasteiger partial charge on any atom is -0.0620 e. The van der Waals surface area contributed by atoms with Gasteiger partial charge in [-0.1, -0.05) is 376 Å². The zero-order valence-electron chi connectivity index (χ0n) is 69.6. The van der Waals surface area contributed by atoms with E-state index >= 15 is 0 Å². The molecule has 0 fully saturated rings. The molecule has 0 spiro atoms. The van der Waals surface area contributed by atoms with E-state index < -0.39 is 0 Å². The zero-order valence-corrected chi connectivity index (χ0v) is 69.6. The summed E-state index contributed by atoms with van der Waals surface area (Å²) < 4.78 is 0. The van der Waals surface area contributed by atoms with Crippen molar-refractivity contribution < 1.29 is 0 Å². The Morgan fingerprint density at radius 2 is 0.296 bits per heavy atom. The van der Waals surface area contributed by atoms with Gasteiger partial charge in [-0.15, -0.1) is 0 Å². The molecule has 8 aliphatic carbocycles. The summed E-state index contributed by atoms with van der Waals surface area (Å²) in [6.45, 7) is 0. The number of fused-ring (bicyclic) bond motifs is 42. The highest BCUT2D eigenvalue weighted by Crippen LogP contribution is 2.57. The van der Waals surface area contributed by atoms with Crippen LogP contribution in [0.2, 0.25) is 0 Å². The molecule has 586 valence electrons. The fraction of sp³-hybridized carbons (Fsp3) is 0.0720. The van der Waals surface area contributed by atoms with Crippen LogP contribution in [0.1, 0.15) is 89.0 Å². The summed E-state index contributed by atoms with van der Waals surface area (Å²) in [5.74, 6) is 0. The van der Waals surface area contributed by atoms with Crippen LogP contribution in [0.25, 0.3) is 175 Å². The minimum atomic E-state index is 1.02. The van der Waals surface area contributed by atoms with Crippen LogP contribution >= 0.6 is 0 Å². The summed E-state index contributed by atoms with van der Waals surface area (Å²) >= 11 is 0. The van der Waals surface area contributed by atoms with E-state index in [1.54, 1.807) is 16.7 Å². The van der Waals surface area contributed by atoms with Gasteiger partial charge in [0.2, 0.25) is 0 Å². The average molecular weight is 1590 g/mol. The lowest BCUT2D eigenvalue weighted by Crippen LogP contribution is -2.02. The van der Waals surface area contributed by atoms with Crippen LogP contribution < -0.4 is 0 Å². The van der Waals surface area contributed by atoms with Gasteiger partial charge in [0, 0.05) is 0 Å². The molecule has 30 rings (SSSR count). The van der Waals surface area contributed by atoms with Gasteiger partial charge in [0.15, 0.2) is 0 Å². The maximum atomic E-state index is 2.52. The molecular weight excluding hydrogens is 1500 g/mol. The molecular formula is C125H86. The van der Waals surface area contributed by atoms with Crippen molar-refractivity contribution in [3.63, 3.8) is 0 Å². The van der Waals surface area contributed by atoms with Gasteiger partial charge in [-0.2, -0.15) is 0 Å². The van der Waals surface area contributed by atoms with Gasteiger partial charge in [0.25, 0.3) is 0 Å². The molecule has 125 heavy (non-hydrogen) atoms. The SMILES string of the molecule is c1ccc2c(c1)CCc1ccccc1-2.c1ccc2c(c1)Cc1c-2c2c(c3c1-c1ccccc1C3)-c1ccccc1C2.c1ccc2c(c1)Cc1cc3c4cc5c(cc4c4cc6c(cc4c3cc1-2)Cc1ccccc1-6)Cc1ccccc1-5.c1ccc2c(c1)Cc1ccccc1-2.c1ccc2c(c1)c1ccccc1c1ccccc21.c1ccc2c(c1)ccc1ccccc12. The molecule has 0 unspecified atom stereocenters. The Labute approximate surface area is 729 Å². The smallest absolute Gasteiger partial charge is 0.000706 e. The number of rotatable bonds is 0. The van der Waals surface area contributed by atoms with Crippen LogP contribution in [0.5, 0.6) is 0 Å². The molecule has 0 saturated carbocycles. The van der Waals surface area contributed by atoms with Gasteiger partial charge in [0.1, 0.15) is 0 Å². The second kappa shape index (κ2) is 29.9. The minimum absolute atomic E-state index is 1.02. The average Bonchev–Trinajstić information content (AvgIpc) is 1.56. The van der Waals surface area contributed by atoms with Crippen LogP contribution in [0.15, 0.2) is 413 Å². The van der Waals surface area contributed by atoms with E-state index in [1.807, 2.05) is 0 Å². The number of hydrogen-bond acceptors (Lipinski definition) is 0. The molecule has 0 nitrogen and oxygen atoms in total. The first kappa shape index (κ1) is 72.7.